The molecule has 0 saturated carbocycles. The van der Waals surface area contributed by atoms with E-state index in [9.17, 15) is 4.79 Å². The van der Waals surface area contributed by atoms with Crippen molar-refractivity contribution in [3.63, 3.8) is 0 Å². The van der Waals surface area contributed by atoms with E-state index in [0.717, 1.165) is 11.0 Å². The number of likely N-dealkylation sites (tertiary alicyclic amines) is 1. The maximum atomic E-state index is 11.0. The molecule has 0 spiro atoms. The maximum Gasteiger partial charge on any atom is 0.226 e. The van der Waals surface area contributed by atoms with E-state index >= 15 is 0 Å². The Morgan fingerprint density at radius 3 is 2.90 bits per heavy atom. The van der Waals surface area contributed by atoms with Crippen molar-refractivity contribution in [1.29, 1.82) is 0 Å². The van der Waals surface area contributed by atoms with Gasteiger partial charge in [-0.25, -0.2) is 0 Å². The molecule has 1 aliphatic heterocycles. The number of carbonyl (C=O) groups excluding carboxylic acids is 1. The maximum absolute atomic E-state index is 11.0. The van der Waals surface area contributed by atoms with Crippen LogP contribution in [0.1, 0.15) is 6.42 Å². The third-order valence-corrected chi connectivity index (χ3v) is 2.92. The first-order valence-electron chi connectivity index (χ1n) is 3.26. The highest BCUT2D eigenvalue weighted by atomic mass is 127. The monoisotopic (exact) mass is 251 g/mol. The molecular weight excluding hydrogens is 241 g/mol. The summed E-state index contributed by atoms with van der Waals surface area (Å²) in [6.45, 7) is 4.43. The lowest BCUT2D eigenvalue weighted by molar-refractivity contribution is -0.125. The van der Waals surface area contributed by atoms with E-state index in [1.807, 2.05) is 0 Å². The Morgan fingerprint density at radius 1 is 1.90 bits per heavy atom. The van der Waals surface area contributed by atoms with Crippen LogP contribution in [0.4, 0.5) is 0 Å². The normalized spacial score (nSPS) is 25.5. The topological polar surface area (TPSA) is 20.3 Å². The van der Waals surface area contributed by atoms with Gasteiger partial charge in [-0.05, 0) is 12.1 Å². The van der Waals surface area contributed by atoms with Crippen LogP contribution in [-0.4, -0.2) is 21.8 Å². The lowest BCUT2D eigenvalue weighted by atomic mass is 10.2. The largest absolute Gasteiger partial charge is 0.319 e. The van der Waals surface area contributed by atoms with Gasteiger partial charge in [0.1, 0.15) is 0 Å². The Kier molecular flexibility index (Phi) is 2.71. The minimum atomic E-state index is 0.219. The molecule has 0 bridgehead atoms. The molecule has 1 fully saturated rings. The number of hydrogen-bond acceptors (Lipinski definition) is 1. The Bertz CT molecular complexity index is 158. The van der Waals surface area contributed by atoms with Gasteiger partial charge in [0.25, 0.3) is 0 Å². The summed E-state index contributed by atoms with van der Waals surface area (Å²) in [6, 6.07) is 0. The zero-order chi connectivity index (χ0) is 7.56. The van der Waals surface area contributed by atoms with Gasteiger partial charge in [0.15, 0.2) is 0 Å². The average molecular weight is 251 g/mol. The molecule has 1 aliphatic rings. The molecule has 0 aromatic heterocycles. The molecule has 1 rings (SSSR count). The fraction of sp³-hybridized carbons (Fsp3) is 0.571. The molecule has 0 radical (unpaired) electrons. The van der Waals surface area contributed by atoms with Gasteiger partial charge in [-0.2, -0.15) is 0 Å². The van der Waals surface area contributed by atoms with Crippen LogP contribution < -0.4 is 0 Å². The highest BCUT2D eigenvalue weighted by Crippen LogP contribution is 2.19. The van der Waals surface area contributed by atoms with Crippen LogP contribution in [0, 0.1) is 5.92 Å². The van der Waals surface area contributed by atoms with E-state index < -0.39 is 0 Å². The Morgan fingerprint density at radius 2 is 2.60 bits per heavy atom. The van der Waals surface area contributed by atoms with Crippen LogP contribution in [-0.2, 0) is 4.79 Å². The van der Waals surface area contributed by atoms with Crippen molar-refractivity contribution in [2.24, 2.45) is 5.92 Å². The third-order valence-electron chi connectivity index (χ3n) is 1.68. The van der Waals surface area contributed by atoms with Crippen LogP contribution in [0.2, 0.25) is 0 Å². The van der Waals surface area contributed by atoms with Gasteiger partial charge >= 0.3 is 0 Å². The number of nitrogens with zero attached hydrogens (tertiary/aromatic N) is 1. The molecule has 0 aliphatic carbocycles. The molecule has 56 valence electrons. The Balaban J connectivity index is 2.52. The minimum absolute atomic E-state index is 0.219. The molecule has 1 unspecified atom stereocenters. The van der Waals surface area contributed by atoms with E-state index in [-0.39, 0.29) is 5.91 Å². The van der Waals surface area contributed by atoms with Crippen molar-refractivity contribution in [2.75, 3.05) is 11.0 Å². The van der Waals surface area contributed by atoms with Crippen LogP contribution in [0.3, 0.4) is 0 Å². The molecule has 2 nitrogen and oxygen atoms in total. The fourth-order valence-corrected chi connectivity index (χ4v) is 1.68. The smallest absolute Gasteiger partial charge is 0.226 e. The molecule has 1 saturated heterocycles. The summed E-state index contributed by atoms with van der Waals surface area (Å²) in [5.41, 5.74) is 0. The van der Waals surface area contributed by atoms with Crippen LogP contribution in [0.5, 0.6) is 0 Å². The second-order valence-electron chi connectivity index (χ2n) is 2.45. The van der Waals surface area contributed by atoms with Crippen molar-refractivity contribution in [3.05, 3.63) is 12.8 Å². The lowest BCUT2D eigenvalue weighted by Gasteiger charge is -2.07. The van der Waals surface area contributed by atoms with E-state index in [0.29, 0.717) is 12.3 Å². The number of alkyl halides is 1. The number of carbonyl (C=O) groups is 1. The van der Waals surface area contributed by atoms with E-state index in [2.05, 4.69) is 29.2 Å². The molecule has 0 aromatic rings. The molecule has 3 heteroatoms. The van der Waals surface area contributed by atoms with Crippen molar-refractivity contribution >= 4 is 28.5 Å². The van der Waals surface area contributed by atoms with Crippen molar-refractivity contribution < 1.29 is 4.79 Å². The van der Waals surface area contributed by atoms with Gasteiger partial charge < -0.3 is 4.90 Å². The number of rotatable bonds is 2. The summed E-state index contributed by atoms with van der Waals surface area (Å²) in [5, 5.41) is 0. The molecule has 1 amide bonds. The lowest BCUT2D eigenvalue weighted by Crippen LogP contribution is -2.17. The van der Waals surface area contributed by atoms with Gasteiger partial charge in [0.05, 0.1) is 0 Å². The SMILES string of the molecule is C=CN1CC(CI)CC1=O. The zero-order valence-corrected chi connectivity index (χ0v) is 7.87. The highest BCUT2D eigenvalue weighted by molar-refractivity contribution is 14.1. The zero-order valence-electron chi connectivity index (χ0n) is 5.72. The van der Waals surface area contributed by atoms with Crippen LogP contribution in [0.15, 0.2) is 12.8 Å². The summed E-state index contributed by atoms with van der Waals surface area (Å²) < 4.78 is 1.06. The first-order chi connectivity index (χ1) is 4.77. The van der Waals surface area contributed by atoms with Crippen molar-refractivity contribution in [3.8, 4) is 0 Å². The Hall–Kier alpha value is -0.0600. The van der Waals surface area contributed by atoms with E-state index in [4.69, 9.17) is 0 Å². The van der Waals surface area contributed by atoms with Gasteiger partial charge in [0.2, 0.25) is 5.91 Å². The van der Waals surface area contributed by atoms with Gasteiger partial charge in [-0.3, -0.25) is 4.79 Å². The molecule has 0 N–H and O–H groups in total. The van der Waals surface area contributed by atoms with Crippen LogP contribution in [0.25, 0.3) is 0 Å². The Labute approximate surface area is 74.4 Å². The van der Waals surface area contributed by atoms with Crippen LogP contribution >= 0.6 is 22.6 Å². The molecular formula is C7H10INO. The van der Waals surface area contributed by atoms with Crippen molar-refractivity contribution in [1.82, 2.24) is 4.90 Å². The minimum Gasteiger partial charge on any atom is -0.319 e. The summed E-state index contributed by atoms with van der Waals surface area (Å²) >= 11 is 2.31. The number of hydrogen-bond donors (Lipinski definition) is 0. The average Bonchev–Trinajstić information content (AvgIpc) is 2.30. The molecule has 10 heavy (non-hydrogen) atoms. The summed E-state index contributed by atoms with van der Waals surface area (Å²) in [6.07, 6.45) is 2.32. The standard InChI is InChI=1S/C7H10INO/c1-2-9-5-6(4-8)3-7(9)10/h2,6H,1,3-5H2. The van der Waals surface area contributed by atoms with Gasteiger partial charge in [-0.15, -0.1) is 0 Å². The summed E-state index contributed by atoms with van der Waals surface area (Å²) in [7, 11) is 0. The van der Waals surface area contributed by atoms with E-state index in [1.165, 1.54) is 0 Å². The summed E-state index contributed by atoms with van der Waals surface area (Å²) in [4.78, 5) is 12.7. The predicted octanol–water partition coefficient (Wildman–Crippen LogP) is 1.41. The quantitative estimate of drug-likeness (QED) is 0.536. The number of amides is 1. The highest BCUT2D eigenvalue weighted by Gasteiger charge is 2.26. The second-order valence-corrected chi connectivity index (χ2v) is 3.33. The first kappa shape index (κ1) is 8.04. The number of halogens is 1. The summed E-state index contributed by atoms with van der Waals surface area (Å²) in [5.74, 6) is 0.766. The van der Waals surface area contributed by atoms with Gasteiger partial charge in [0, 0.05) is 17.4 Å². The van der Waals surface area contributed by atoms with E-state index in [1.54, 1.807) is 11.1 Å². The molecule has 0 aromatic carbocycles. The predicted molar refractivity (Wildman–Crippen MR) is 48.9 cm³/mol. The fourth-order valence-electron chi connectivity index (χ4n) is 1.09. The second kappa shape index (κ2) is 3.37. The first-order valence-corrected chi connectivity index (χ1v) is 4.78. The van der Waals surface area contributed by atoms with Crippen molar-refractivity contribution in [2.45, 2.75) is 6.42 Å². The van der Waals surface area contributed by atoms with Gasteiger partial charge in [-0.1, -0.05) is 29.2 Å². The molecule has 1 atom stereocenters. The molecule has 1 heterocycles. The third kappa shape index (κ3) is 1.51.